The van der Waals surface area contributed by atoms with Crippen LogP contribution in [0.25, 0.3) is 0 Å². The molecule has 4 N–H and O–H groups in total. The van der Waals surface area contributed by atoms with Gasteiger partial charge in [0.15, 0.2) is 0 Å². The van der Waals surface area contributed by atoms with Crippen LogP contribution in [-0.4, -0.2) is 11.4 Å². The Labute approximate surface area is 165 Å². The summed E-state index contributed by atoms with van der Waals surface area (Å²) in [6.07, 6.45) is 6.57. The van der Waals surface area contributed by atoms with Crippen LogP contribution >= 0.6 is 0 Å². The lowest BCUT2D eigenvalue weighted by atomic mass is 9.72. The fourth-order valence-corrected chi connectivity index (χ4v) is 3.68. The van der Waals surface area contributed by atoms with E-state index in [1.165, 1.54) is 12.1 Å². The summed E-state index contributed by atoms with van der Waals surface area (Å²) in [6.45, 7) is 6.05. The molecule has 1 saturated carbocycles. The largest absolute Gasteiger partial charge is 0.398 e. The number of rotatable bonds is 6. The predicted molar refractivity (Wildman–Crippen MR) is 107 cm³/mol. The van der Waals surface area contributed by atoms with Crippen LogP contribution in [0.4, 0.5) is 10.1 Å². The molecule has 1 amide bonds. The molecule has 3 rings (SSSR count). The van der Waals surface area contributed by atoms with Crippen LogP contribution in [0.15, 0.2) is 41.6 Å². The van der Waals surface area contributed by atoms with Crippen molar-refractivity contribution in [3.8, 4) is 6.07 Å². The van der Waals surface area contributed by atoms with Crippen molar-refractivity contribution >= 4 is 11.6 Å². The van der Waals surface area contributed by atoms with E-state index < -0.39 is 5.54 Å². The van der Waals surface area contributed by atoms with Gasteiger partial charge in [-0.15, -0.1) is 0 Å². The van der Waals surface area contributed by atoms with Gasteiger partial charge in [0.1, 0.15) is 5.82 Å². The van der Waals surface area contributed by atoms with Crippen LogP contribution < -0.4 is 16.4 Å². The number of anilines is 1. The molecule has 5 nitrogen and oxygen atoms in total. The zero-order chi connectivity index (χ0) is 20.5. The lowest BCUT2D eigenvalue weighted by molar-refractivity contribution is -0.125. The second-order valence-corrected chi connectivity index (χ2v) is 8.53. The molecule has 0 saturated heterocycles. The molecule has 148 valence electrons. The number of allylic oxidation sites excluding steroid dienone is 4. The molecule has 2 aliphatic carbocycles. The van der Waals surface area contributed by atoms with E-state index in [0.29, 0.717) is 24.6 Å². The third kappa shape index (κ3) is 4.10. The summed E-state index contributed by atoms with van der Waals surface area (Å²) in [7, 11) is 0. The smallest absolute Gasteiger partial charge is 0.243 e. The van der Waals surface area contributed by atoms with Gasteiger partial charge in [0, 0.05) is 28.9 Å². The van der Waals surface area contributed by atoms with Gasteiger partial charge in [0.2, 0.25) is 5.91 Å². The molecule has 1 unspecified atom stereocenters. The average molecular weight is 382 g/mol. The first-order chi connectivity index (χ1) is 13.2. The maximum absolute atomic E-state index is 13.2. The molecule has 1 atom stereocenters. The van der Waals surface area contributed by atoms with Crippen LogP contribution in [0.3, 0.4) is 0 Å². The highest BCUT2D eigenvalue weighted by Crippen LogP contribution is 2.53. The van der Waals surface area contributed by atoms with Gasteiger partial charge in [-0.3, -0.25) is 10.1 Å². The van der Waals surface area contributed by atoms with Gasteiger partial charge in [-0.05, 0) is 68.9 Å². The van der Waals surface area contributed by atoms with Crippen molar-refractivity contribution in [1.29, 1.82) is 5.26 Å². The second kappa shape index (κ2) is 7.40. The van der Waals surface area contributed by atoms with E-state index in [-0.39, 0.29) is 17.1 Å². The number of nitriles is 1. The number of nitrogens with zero attached hydrogens (tertiary/aromatic N) is 1. The van der Waals surface area contributed by atoms with Gasteiger partial charge in [0.05, 0.1) is 11.6 Å². The van der Waals surface area contributed by atoms with Crippen LogP contribution in [0.2, 0.25) is 0 Å². The molecular weight excluding hydrogens is 355 g/mol. The van der Waals surface area contributed by atoms with Crippen molar-refractivity contribution in [3.05, 3.63) is 53.0 Å². The van der Waals surface area contributed by atoms with Crippen molar-refractivity contribution in [2.24, 2.45) is 11.3 Å². The quantitative estimate of drug-likeness (QED) is 0.656. The first-order valence-corrected chi connectivity index (χ1v) is 9.57. The Morgan fingerprint density at radius 2 is 2.11 bits per heavy atom. The summed E-state index contributed by atoms with van der Waals surface area (Å²) in [4.78, 5) is 12.8. The molecule has 0 bridgehead atoms. The molecule has 1 aromatic rings. The number of halogens is 1. The molecule has 28 heavy (non-hydrogen) atoms. The Bertz CT molecular complexity index is 892. The number of benzene rings is 1. The number of nitrogens with one attached hydrogen (secondary N) is 2. The Morgan fingerprint density at radius 1 is 1.39 bits per heavy atom. The monoisotopic (exact) mass is 382 g/mol. The minimum absolute atomic E-state index is 0.161. The lowest BCUT2D eigenvalue weighted by Crippen LogP contribution is -2.52. The Balaban J connectivity index is 1.65. The average Bonchev–Trinajstić information content (AvgIpc) is 3.46. The van der Waals surface area contributed by atoms with Gasteiger partial charge in [0.25, 0.3) is 0 Å². The van der Waals surface area contributed by atoms with Crippen molar-refractivity contribution < 1.29 is 9.18 Å². The van der Waals surface area contributed by atoms with Gasteiger partial charge >= 0.3 is 0 Å². The second-order valence-electron chi connectivity index (χ2n) is 8.53. The molecule has 0 aromatic heterocycles. The predicted octanol–water partition coefficient (Wildman–Crippen LogP) is 3.55. The maximum Gasteiger partial charge on any atom is 0.243 e. The summed E-state index contributed by atoms with van der Waals surface area (Å²) in [5, 5.41) is 15.6. The number of hydrogen-bond donors (Lipinski definition) is 3. The molecule has 1 fully saturated rings. The Kier molecular flexibility index (Phi) is 5.31. The maximum atomic E-state index is 13.2. The lowest BCUT2D eigenvalue weighted by Gasteiger charge is -2.34. The van der Waals surface area contributed by atoms with E-state index in [0.717, 1.165) is 29.7 Å². The minimum atomic E-state index is -0.850. The van der Waals surface area contributed by atoms with Gasteiger partial charge in [-0.25, -0.2) is 4.39 Å². The first kappa shape index (κ1) is 20.1. The van der Waals surface area contributed by atoms with Crippen molar-refractivity contribution in [3.63, 3.8) is 0 Å². The van der Waals surface area contributed by atoms with E-state index in [2.05, 4.69) is 23.6 Å². The highest BCUT2D eigenvalue weighted by atomic mass is 19.1. The zero-order valence-electron chi connectivity index (χ0n) is 16.6. The SMILES string of the molecule is CC(C)(NCc1ccc(F)cc1N)C(=O)NC1=CC=C(C#N)C(C)(C2CC2)C1. The number of nitrogens with two attached hydrogens (primary N) is 1. The van der Waals surface area contributed by atoms with E-state index in [1.54, 1.807) is 19.9 Å². The summed E-state index contributed by atoms with van der Waals surface area (Å²) >= 11 is 0. The molecule has 6 heteroatoms. The number of carbonyl (C=O) groups is 1. The third-order valence-corrected chi connectivity index (χ3v) is 5.89. The van der Waals surface area contributed by atoms with Crippen LogP contribution in [0, 0.1) is 28.5 Å². The zero-order valence-corrected chi connectivity index (χ0v) is 16.6. The molecule has 0 spiro atoms. The Hall–Kier alpha value is -2.65. The summed E-state index contributed by atoms with van der Waals surface area (Å²) in [5.74, 6) is -0.0380. The highest BCUT2D eigenvalue weighted by Gasteiger charge is 2.46. The standard InChI is InChI=1S/C22H27FN4O/c1-21(2,26-13-14-4-8-17(23)10-19(14)25)20(28)27-18-9-7-16(12-24)22(3,11-18)15-5-6-15/h4,7-10,15,26H,5-6,11,13,25H2,1-3H3,(H,27,28). The van der Waals surface area contributed by atoms with E-state index in [1.807, 2.05) is 12.2 Å². The molecule has 0 heterocycles. The summed E-state index contributed by atoms with van der Waals surface area (Å²) in [6, 6.07) is 6.56. The Morgan fingerprint density at radius 3 is 2.71 bits per heavy atom. The van der Waals surface area contributed by atoms with Gasteiger partial charge in [-0.2, -0.15) is 5.26 Å². The van der Waals surface area contributed by atoms with E-state index >= 15 is 0 Å². The first-order valence-electron chi connectivity index (χ1n) is 9.57. The van der Waals surface area contributed by atoms with Gasteiger partial charge < -0.3 is 11.1 Å². The van der Waals surface area contributed by atoms with Crippen LogP contribution in [-0.2, 0) is 11.3 Å². The van der Waals surface area contributed by atoms with Gasteiger partial charge in [-0.1, -0.05) is 13.0 Å². The van der Waals surface area contributed by atoms with Crippen molar-refractivity contribution in [1.82, 2.24) is 10.6 Å². The summed E-state index contributed by atoms with van der Waals surface area (Å²) in [5.41, 5.74) is 7.50. The van der Waals surface area contributed by atoms with E-state index in [4.69, 9.17) is 5.73 Å². The number of nitrogen functional groups attached to an aromatic ring is 1. The highest BCUT2D eigenvalue weighted by molar-refractivity contribution is 5.87. The topological polar surface area (TPSA) is 90.9 Å². The molecule has 0 aliphatic heterocycles. The minimum Gasteiger partial charge on any atom is -0.398 e. The molecule has 2 aliphatic rings. The fraction of sp³-hybridized carbons (Fsp3) is 0.455. The summed E-state index contributed by atoms with van der Waals surface area (Å²) < 4.78 is 13.2. The number of amides is 1. The number of carbonyl (C=O) groups excluding carboxylic acids is 1. The normalized spacial score (nSPS) is 22.1. The van der Waals surface area contributed by atoms with Crippen LogP contribution in [0.1, 0.15) is 45.6 Å². The van der Waals surface area contributed by atoms with E-state index in [9.17, 15) is 14.4 Å². The molecule has 1 aromatic carbocycles. The van der Waals surface area contributed by atoms with Crippen molar-refractivity contribution in [2.45, 2.75) is 52.1 Å². The van der Waals surface area contributed by atoms with Crippen molar-refractivity contribution in [2.75, 3.05) is 5.73 Å². The van der Waals surface area contributed by atoms with Crippen LogP contribution in [0.5, 0.6) is 0 Å². The molecular formula is C22H27FN4O. The third-order valence-electron chi connectivity index (χ3n) is 5.89. The molecule has 0 radical (unpaired) electrons. The number of hydrogen-bond acceptors (Lipinski definition) is 4. The fourth-order valence-electron chi connectivity index (χ4n) is 3.68.